The summed E-state index contributed by atoms with van der Waals surface area (Å²) in [6.45, 7) is 10.00. The van der Waals surface area contributed by atoms with Crippen molar-refractivity contribution in [1.29, 1.82) is 0 Å². The molecular weight excluding hydrogens is 248 g/mol. The molecule has 1 aromatic rings. The van der Waals surface area contributed by atoms with Gasteiger partial charge in [0.05, 0.1) is 7.11 Å². The van der Waals surface area contributed by atoms with Crippen molar-refractivity contribution in [3.8, 4) is 5.75 Å². The van der Waals surface area contributed by atoms with Gasteiger partial charge < -0.3 is 15.4 Å². The molecule has 0 amide bonds. The van der Waals surface area contributed by atoms with Gasteiger partial charge in [-0.15, -0.1) is 0 Å². The van der Waals surface area contributed by atoms with E-state index >= 15 is 0 Å². The Labute approximate surface area is 123 Å². The number of ether oxygens (including phenoxy) is 1. The van der Waals surface area contributed by atoms with Gasteiger partial charge in [-0.25, -0.2) is 0 Å². The van der Waals surface area contributed by atoms with E-state index < -0.39 is 0 Å². The van der Waals surface area contributed by atoms with E-state index in [-0.39, 0.29) is 6.04 Å². The summed E-state index contributed by atoms with van der Waals surface area (Å²) in [5.74, 6) is 2.44. The van der Waals surface area contributed by atoms with Crippen molar-refractivity contribution in [2.75, 3.05) is 26.7 Å². The lowest BCUT2D eigenvalue weighted by Gasteiger charge is -2.36. The third kappa shape index (κ3) is 3.74. The summed E-state index contributed by atoms with van der Waals surface area (Å²) in [5.41, 5.74) is 8.80. The zero-order chi connectivity index (χ0) is 14.7. The summed E-state index contributed by atoms with van der Waals surface area (Å²) in [7, 11) is 1.71. The summed E-state index contributed by atoms with van der Waals surface area (Å²) in [4.78, 5) is 2.51. The van der Waals surface area contributed by atoms with Crippen molar-refractivity contribution in [2.45, 2.75) is 33.2 Å². The Morgan fingerprint density at radius 1 is 1.30 bits per heavy atom. The highest BCUT2D eigenvalue weighted by Gasteiger charge is 2.24. The number of hydrogen-bond donors (Lipinski definition) is 1. The number of rotatable bonds is 4. The molecule has 3 heteroatoms. The molecule has 1 heterocycles. The molecule has 0 radical (unpaired) electrons. The number of hydrogen-bond acceptors (Lipinski definition) is 3. The number of nitrogens with zero attached hydrogens (tertiary/aromatic N) is 1. The molecule has 3 atom stereocenters. The smallest absolute Gasteiger partial charge is 0.123 e. The fourth-order valence-electron chi connectivity index (χ4n) is 3.46. The molecule has 0 spiro atoms. The van der Waals surface area contributed by atoms with E-state index in [0.29, 0.717) is 0 Å². The first-order valence-electron chi connectivity index (χ1n) is 7.62. The summed E-state index contributed by atoms with van der Waals surface area (Å²) in [5, 5.41) is 0. The number of methoxy groups -OCH3 is 1. The van der Waals surface area contributed by atoms with Crippen LogP contribution in [0.2, 0.25) is 0 Å². The van der Waals surface area contributed by atoms with Gasteiger partial charge in [-0.3, -0.25) is 0 Å². The maximum atomic E-state index is 6.44. The molecule has 2 rings (SSSR count). The maximum Gasteiger partial charge on any atom is 0.123 e. The molecule has 0 saturated carbocycles. The Morgan fingerprint density at radius 3 is 2.55 bits per heavy atom. The molecule has 1 aliphatic heterocycles. The lowest BCUT2D eigenvalue weighted by Crippen LogP contribution is -2.42. The first-order chi connectivity index (χ1) is 9.49. The first kappa shape index (κ1) is 15.3. The third-order valence-corrected chi connectivity index (χ3v) is 4.18. The average Bonchev–Trinajstić information content (AvgIpc) is 2.37. The second-order valence-corrected chi connectivity index (χ2v) is 6.52. The minimum absolute atomic E-state index is 0.0161. The molecule has 20 heavy (non-hydrogen) atoms. The highest BCUT2D eigenvalue weighted by molar-refractivity contribution is 5.39. The second kappa shape index (κ2) is 6.59. The largest absolute Gasteiger partial charge is 0.496 e. The van der Waals surface area contributed by atoms with Crippen LogP contribution in [0.1, 0.15) is 37.4 Å². The predicted octanol–water partition coefficient (Wildman–Crippen LogP) is 2.98. The standard InChI is InChI=1S/C17H28N2O/c1-12-5-6-17(20-4)15(8-12)16(18)11-19-9-13(2)7-14(3)10-19/h5-6,8,13-14,16H,7,9-11,18H2,1-4H3. The molecule has 0 bridgehead atoms. The highest BCUT2D eigenvalue weighted by Crippen LogP contribution is 2.27. The number of benzene rings is 1. The van der Waals surface area contributed by atoms with Crippen LogP contribution in [-0.2, 0) is 0 Å². The van der Waals surface area contributed by atoms with Gasteiger partial charge >= 0.3 is 0 Å². The molecule has 112 valence electrons. The van der Waals surface area contributed by atoms with Crippen LogP contribution in [0.3, 0.4) is 0 Å². The number of nitrogens with two attached hydrogens (primary N) is 1. The topological polar surface area (TPSA) is 38.5 Å². The molecule has 3 unspecified atom stereocenters. The molecule has 1 saturated heterocycles. The zero-order valence-corrected chi connectivity index (χ0v) is 13.2. The van der Waals surface area contributed by atoms with Crippen LogP contribution in [-0.4, -0.2) is 31.6 Å². The van der Waals surface area contributed by atoms with E-state index in [1.165, 1.54) is 12.0 Å². The van der Waals surface area contributed by atoms with E-state index in [1.54, 1.807) is 7.11 Å². The van der Waals surface area contributed by atoms with Gasteiger partial charge in [0.2, 0.25) is 0 Å². The first-order valence-corrected chi connectivity index (χ1v) is 7.62. The van der Waals surface area contributed by atoms with Gasteiger partial charge in [-0.2, -0.15) is 0 Å². The van der Waals surface area contributed by atoms with Crippen LogP contribution in [0.4, 0.5) is 0 Å². The van der Waals surface area contributed by atoms with Crippen LogP contribution in [0, 0.1) is 18.8 Å². The SMILES string of the molecule is COc1ccc(C)cc1C(N)CN1CC(C)CC(C)C1. The van der Waals surface area contributed by atoms with E-state index in [2.05, 4.69) is 37.8 Å². The molecule has 0 aliphatic carbocycles. The quantitative estimate of drug-likeness (QED) is 0.919. The van der Waals surface area contributed by atoms with Crippen molar-refractivity contribution >= 4 is 0 Å². The lowest BCUT2D eigenvalue weighted by atomic mass is 9.91. The monoisotopic (exact) mass is 276 g/mol. The predicted molar refractivity (Wildman–Crippen MR) is 84.0 cm³/mol. The molecule has 2 N–H and O–H groups in total. The fourth-order valence-corrected chi connectivity index (χ4v) is 3.46. The fraction of sp³-hybridized carbons (Fsp3) is 0.647. The van der Waals surface area contributed by atoms with Crippen molar-refractivity contribution in [2.24, 2.45) is 17.6 Å². The van der Waals surface area contributed by atoms with Crippen LogP contribution >= 0.6 is 0 Å². The second-order valence-electron chi connectivity index (χ2n) is 6.52. The zero-order valence-electron chi connectivity index (χ0n) is 13.2. The average molecular weight is 276 g/mol. The molecule has 1 fully saturated rings. The summed E-state index contributed by atoms with van der Waals surface area (Å²) >= 11 is 0. The van der Waals surface area contributed by atoms with Crippen LogP contribution < -0.4 is 10.5 Å². The lowest BCUT2D eigenvalue weighted by molar-refractivity contribution is 0.133. The van der Waals surface area contributed by atoms with Crippen molar-refractivity contribution in [3.63, 3.8) is 0 Å². The van der Waals surface area contributed by atoms with Crippen LogP contribution in [0.25, 0.3) is 0 Å². The van der Waals surface area contributed by atoms with Gasteiger partial charge in [0, 0.05) is 31.2 Å². The number of likely N-dealkylation sites (tertiary alicyclic amines) is 1. The third-order valence-electron chi connectivity index (χ3n) is 4.18. The molecule has 0 aromatic heterocycles. The Balaban J connectivity index is 2.07. The van der Waals surface area contributed by atoms with E-state index in [4.69, 9.17) is 10.5 Å². The van der Waals surface area contributed by atoms with E-state index in [0.717, 1.165) is 42.8 Å². The van der Waals surface area contributed by atoms with E-state index in [9.17, 15) is 0 Å². The van der Waals surface area contributed by atoms with Crippen molar-refractivity contribution in [1.82, 2.24) is 4.90 Å². The van der Waals surface area contributed by atoms with Crippen molar-refractivity contribution in [3.05, 3.63) is 29.3 Å². The number of aryl methyl sites for hydroxylation is 1. The highest BCUT2D eigenvalue weighted by atomic mass is 16.5. The minimum Gasteiger partial charge on any atom is -0.496 e. The van der Waals surface area contributed by atoms with Crippen LogP contribution in [0.15, 0.2) is 18.2 Å². The van der Waals surface area contributed by atoms with Gasteiger partial charge in [0.25, 0.3) is 0 Å². The normalized spacial score (nSPS) is 25.4. The summed E-state index contributed by atoms with van der Waals surface area (Å²) < 4.78 is 5.45. The van der Waals surface area contributed by atoms with Crippen molar-refractivity contribution < 1.29 is 4.74 Å². The van der Waals surface area contributed by atoms with Gasteiger partial charge in [-0.05, 0) is 31.2 Å². The van der Waals surface area contributed by atoms with Gasteiger partial charge in [0.1, 0.15) is 5.75 Å². The Kier molecular flexibility index (Phi) is 5.06. The van der Waals surface area contributed by atoms with E-state index in [1.807, 2.05) is 6.07 Å². The number of piperidine rings is 1. The Morgan fingerprint density at radius 2 is 1.95 bits per heavy atom. The minimum atomic E-state index is 0.0161. The Hall–Kier alpha value is -1.06. The Bertz CT molecular complexity index is 437. The molecule has 1 aromatic carbocycles. The molecule has 1 aliphatic rings. The van der Waals surface area contributed by atoms with Gasteiger partial charge in [-0.1, -0.05) is 31.5 Å². The summed E-state index contributed by atoms with van der Waals surface area (Å²) in [6.07, 6.45) is 1.33. The van der Waals surface area contributed by atoms with Crippen LogP contribution in [0.5, 0.6) is 5.75 Å². The maximum absolute atomic E-state index is 6.44. The summed E-state index contributed by atoms with van der Waals surface area (Å²) in [6, 6.07) is 6.26. The molecular formula is C17H28N2O. The molecule has 3 nitrogen and oxygen atoms in total. The van der Waals surface area contributed by atoms with Gasteiger partial charge in [0.15, 0.2) is 0 Å².